The molecule has 5 rings (SSSR count). The molecule has 0 saturated heterocycles. The zero-order chi connectivity index (χ0) is 12.3. The molecule has 0 heterocycles. The monoisotopic (exact) mass is 247 g/mol. The Bertz CT molecular complexity index is 299. The maximum Gasteiger partial charge on any atom is 0.0121 e. The van der Waals surface area contributed by atoms with Crippen molar-refractivity contribution in [2.75, 3.05) is 7.05 Å². The minimum Gasteiger partial charge on any atom is -0.316 e. The lowest BCUT2D eigenvalue weighted by molar-refractivity contribution is -0.0764. The Morgan fingerprint density at radius 2 is 1.56 bits per heavy atom. The predicted octanol–water partition coefficient (Wildman–Crippen LogP) is 3.84. The number of rotatable bonds is 4. The Morgan fingerprint density at radius 1 is 1.00 bits per heavy atom. The van der Waals surface area contributed by atoms with Crippen molar-refractivity contribution in [2.45, 2.75) is 64.3 Å². The second kappa shape index (κ2) is 3.98. The molecule has 0 aromatic rings. The Morgan fingerprint density at radius 3 is 1.94 bits per heavy atom. The molecule has 102 valence electrons. The zero-order valence-electron chi connectivity index (χ0n) is 12.1. The number of hydrogen-bond acceptors (Lipinski definition) is 1. The summed E-state index contributed by atoms with van der Waals surface area (Å²) in [5.41, 5.74) is 0.728. The molecule has 5 fully saturated rings. The first-order valence-corrected chi connectivity index (χ1v) is 8.44. The van der Waals surface area contributed by atoms with E-state index in [0.29, 0.717) is 0 Å². The maximum absolute atomic E-state index is 3.66. The molecule has 1 atom stereocenters. The van der Waals surface area contributed by atoms with Gasteiger partial charge in [-0.2, -0.15) is 0 Å². The summed E-state index contributed by atoms with van der Waals surface area (Å²) in [6, 6.07) is 0.806. The normalized spacial score (nSPS) is 49.3. The second-order valence-electron chi connectivity index (χ2n) is 7.94. The fourth-order valence-corrected chi connectivity index (χ4v) is 6.82. The van der Waals surface area contributed by atoms with Gasteiger partial charge in [0.15, 0.2) is 0 Å². The van der Waals surface area contributed by atoms with E-state index in [1.165, 1.54) is 19.3 Å². The molecule has 4 bridgehead atoms. The van der Waals surface area contributed by atoms with Crippen molar-refractivity contribution in [2.24, 2.45) is 35.0 Å². The van der Waals surface area contributed by atoms with Gasteiger partial charge in [-0.1, -0.05) is 6.92 Å². The maximum atomic E-state index is 3.66. The van der Waals surface area contributed by atoms with E-state index >= 15 is 0 Å². The Labute approximate surface area is 112 Å². The molecule has 1 unspecified atom stereocenters. The molecule has 5 aliphatic rings. The van der Waals surface area contributed by atoms with Gasteiger partial charge in [0.2, 0.25) is 0 Å². The van der Waals surface area contributed by atoms with E-state index in [4.69, 9.17) is 0 Å². The van der Waals surface area contributed by atoms with Crippen molar-refractivity contribution in [3.05, 3.63) is 0 Å². The standard InChI is InChI=1S/C17H29N/c1-3-15(18-2)17(4-5-17)16-13-7-11-6-12(9-13)10-14(16)8-11/h11-16,18H,3-10H2,1-2H3. The highest BCUT2D eigenvalue weighted by Crippen LogP contribution is 2.68. The molecule has 0 aliphatic heterocycles. The third-order valence-electron chi connectivity index (χ3n) is 7.17. The van der Waals surface area contributed by atoms with Crippen molar-refractivity contribution in [3.63, 3.8) is 0 Å². The van der Waals surface area contributed by atoms with E-state index in [0.717, 1.165) is 41.0 Å². The summed E-state index contributed by atoms with van der Waals surface area (Å²) >= 11 is 0. The molecule has 1 N–H and O–H groups in total. The van der Waals surface area contributed by atoms with Crippen LogP contribution in [0.15, 0.2) is 0 Å². The van der Waals surface area contributed by atoms with Crippen LogP contribution in [0.1, 0.15) is 58.3 Å². The van der Waals surface area contributed by atoms with Gasteiger partial charge >= 0.3 is 0 Å². The van der Waals surface area contributed by atoms with Crippen molar-refractivity contribution in [1.29, 1.82) is 0 Å². The largest absolute Gasteiger partial charge is 0.316 e. The molecule has 18 heavy (non-hydrogen) atoms. The van der Waals surface area contributed by atoms with Gasteiger partial charge in [0.1, 0.15) is 0 Å². The lowest BCUT2D eigenvalue weighted by Crippen LogP contribution is -2.52. The van der Waals surface area contributed by atoms with Gasteiger partial charge in [0, 0.05) is 6.04 Å². The summed E-state index contributed by atoms with van der Waals surface area (Å²) in [6.45, 7) is 2.39. The summed E-state index contributed by atoms with van der Waals surface area (Å²) in [6.07, 6.45) is 12.4. The van der Waals surface area contributed by atoms with Gasteiger partial charge in [-0.3, -0.25) is 0 Å². The van der Waals surface area contributed by atoms with Crippen LogP contribution in [-0.2, 0) is 0 Å². The highest BCUT2D eigenvalue weighted by Gasteiger charge is 2.62. The molecule has 5 saturated carbocycles. The Hall–Kier alpha value is -0.0400. The predicted molar refractivity (Wildman–Crippen MR) is 75.3 cm³/mol. The second-order valence-corrected chi connectivity index (χ2v) is 7.94. The first-order chi connectivity index (χ1) is 8.76. The van der Waals surface area contributed by atoms with Gasteiger partial charge in [-0.05, 0) is 93.4 Å². The Kier molecular flexibility index (Phi) is 2.60. The average Bonchev–Trinajstić information content (AvgIpc) is 3.10. The molecular weight excluding hydrogens is 218 g/mol. The van der Waals surface area contributed by atoms with E-state index < -0.39 is 0 Å². The van der Waals surface area contributed by atoms with Crippen LogP contribution in [0, 0.1) is 35.0 Å². The van der Waals surface area contributed by atoms with E-state index in [1.807, 2.05) is 0 Å². The first kappa shape index (κ1) is 11.8. The summed E-state index contributed by atoms with van der Waals surface area (Å²) in [7, 11) is 2.20. The van der Waals surface area contributed by atoms with Crippen LogP contribution < -0.4 is 5.32 Å². The lowest BCUT2D eigenvalue weighted by Gasteiger charge is -2.58. The van der Waals surface area contributed by atoms with Crippen LogP contribution in [0.4, 0.5) is 0 Å². The van der Waals surface area contributed by atoms with Crippen molar-refractivity contribution in [1.82, 2.24) is 5.32 Å². The van der Waals surface area contributed by atoms with Crippen LogP contribution in [0.5, 0.6) is 0 Å². The average molecular weight is 247 g/mol. The summed E-state index contributed by atoms with van der Waals surface area (Å²) < 4.78 is 0. The molecule has 0 spiro atoms. The van der Waals surface area contributed by atoms with E-state index in [1.54, 1.807) is 32.1 Å². The first-order valence-electron chi connectivity index (χ1n) is 8.44. The smallest absolute Gasteiger partial charge is 0.0121 e. The molecule has 0 amide bonds. The van der Waals surface area contributed by atoms with Crippen LogP contribution >= 0.6 is 0 Å². The van der Waals surface area contributed by atoms with E-state index in [9.17, 15) is 0 Å². The lowest BCUT2D eigenvalue weighted by atomic mass is 9.48. The minimum atomic E-state index is 0.728. The van der Waals surface area contributed by atoms with Gasteiger partial charge in [0.25, 0.3) is 0 Å². The summed E-state index contributed by atoms with van der Waals surface area (Å²) in [5.74, 6) is 5.60. The van der Waals surface area contributed by atoms with Crippen LogP contribution in [0.3, 0.4) is 0 Å². The molecule has 1 nitrogen and oxygen atoms in total. The number of hydrogen-bond donors (Lipinski definition) is 1. The number of nitrogens with one attached hydrogen (secondary N) is 1. The van der Waals surface area contributed by atoms with Gasteiger partial charge < -0.3 is 5.32 Å². The summed E-state index contributed by atoms with van der Waals surface area (Å²) in [4.78, 5) is 0. The van der Waals surface area contributed by atoms with Gasteiger partial charge in [-0.25, -0.2) is 0 Å². The zero-order valence-corrected chi connectivity index (χ0v) is 12.1. The molecule has 1 heteroatoms. The SMILES string of the molecule is CCC(NC)C1(C2C3CC4CC(C3)CC2C4)CC1. The minimum absolute atomic E-state index is 0.728. The Balaban J connectivity index is 1.61. The fourth-order valence-electron chi connectivity index (χ4n) is 6.82. The highest BCUT2D eigenvalue weighted by atomic mass is 14.9. The fraction of sp³-hybridized carbons (Fsp3) is 1.00. The van der Waals surface area contributed by atoms with Crippen LogP contribution in [-0.4, -0.2) is 13.1 Å². The molecule has 5 aliphatic carbocycles. The van der Waals surface area contributed by atoms with E-state index in [2.05, 4.69) is 19.3 Å². The quantitative estimate of drug-likeness (QED) is 0.796. The third-order valence-corrected chi connectivity index (χ3v) is 7.17. The van der Waals surface area contributed by atoms with Crippen LogP contribution in [0.2, 0.25) is 0 Å². The molecule has 0 radical (unpaired) electrons. The van der Waals surface area contributed by atoms with E-state index in [-0.39, 0.29) is 0 Å². The van der Waals surface area contributed by atoms with Crippen LogP contribution in [0.25, 0.3) is 0 Å². The van der Waals surface area contributed by atoms with Gasteiger partial charge in [0.05, 0.1) is 0 Å². The summed E-state index contributed by atoms with van der Waals surface area (Å²) in [5, 5.41) is 3.66. The van der Waals surface area contributed by atoms with Gasteiger partial charge in [-0.15, -0.1) is 0 Å². The van der Waals surface area contributed by atoms with Crippen molar-refractivity contribution < 1.29 is 0 Å². The topological polar surface area (TPSA) is 12.0 Å². The molecular formula is C17H29N. The molecule has 0 aromatic carbocycles. The van der Waals surface area contributed by atoms with Crippen molar-refractivity contribution in [3.8, 4) is 0 Å². The van der Waals surface area contributed by atoms with Crippen molar-refractivity contribution >= 4 is 0 Å². The third kappa shape index (κ3) is 1.49. The molecule has 0 aromatic heterocycles. The highest BCUT2D eigenvalue weighted by molar-refractivity contribution is 5.13.